The average Bonchev–Trinajstić information content (AvgIpc) is 2.98. The van der Waals surface area contributed by atoms with Gasteiger partial charge in [0, 0.05) is 36.7 Å². The van der Waals surface area contributed by atoms with Crippen LogP contribution in [0, 0.1) is 0 Å². The molecule has 0 bridgehead atoms. The minimum Gasteiger partial charge on any atom is -0.326 e. The molecule has 0 saturated carbocycles. The third-order valence-electron chi connectivity index (χ3n) is 4.74. The SMILES string of the molecule is CC(=O)Nc1cccc(NC(=O)[C@H](CCS(C)(=O)=O)N2Cc3ccccc3C2=O)c1. The number of fused-ring (bicyclic) bond motifs is 1. The highest BCUT2D eigenvalue weighted by Gasteiger charge is 2.36. The Morgan fingerprint density at radius 2 is 1.73 bits per heavy atom. The molecule has 1 aliphatic rings. The first kappa shape index (κ1) is 21.5. The molecule has 0 spiro atoms. The van der Waals surface area contributed by atoms with Gasteiger partial charge in [0.1, 0.15) is 15.9 Å². The van der Waals surface area contributed by atoms with Gasteiger partial charge in [-0.2, -0.15) is 0 Å². The molecule has 3 amide bonds. The van der Waals surface area contributed by atoms with Crippen LogP contribution in [0.4, 0.5) is 11.4 Å². The zero-order chi connectivity index (χ0) is 21.9. The lowest BCUT2D eigenvalue weighted by Crippen LogP contribution is -2.45. The van der Waals surface area contributed by atoms with Gasteiger partial charge < -0.3 is 15.5 Å². The zero-order valence-corrected chi connectivity index (χ0v) is 17.5. The van der Waals surface area contributed by atoms with Gasteiger partial charge in [-0.05, 0) is 36.2 Å². The van der Waals surface area contributed by atoms with Crippen molar-refractivity contribution >= 4 is 38.9 Å². The number of sulfone groups is 1. The standard InChI is InChI=1S/C21H23N3O5S/c1-14(25)22-16-7-5-8-17(12-16)23-20(26)19(10-11-30(2,28)29)24-13-15-6-3-4-9-18(15)21(24)27/h3-9,12,19H,10-11,13H2,1-2H3,(H,22,25)(H,23,26)/t19-/m0/s1. The van der Waals surface area contributed by atoms with Crippen LogP contribution in [-0.4, -0.2) is 49.1 Å². The molecule has 2 N–H and O–H groups in total. The highest BCUT2D eigenvalue weighted by molar-refractivity contribution is 7.90. The smallest absolute Gasteiger partial charge is 0.255 e. The first-order valence-electron chi connectivity index (χ1n) is 9.39. The van der Waals surface area contributed by atoms with Gasteiger partial charge in [-0.25, -0.2) is 8.42 Å². The van der Waals surface area contributed by atoms with Crippen molar-refractivity contribution in [3.8, 4) is 0 Å². The number of benzene rings is 2. The van der Waals surface area contributed by atoms with E-state index in [-0.39, 0.29) is 30.5 Å². The fourth-order valence-electron chi connectivity index (χ4n) is 3.39. The molecule has 158 valence electrons. The van der Waals surface area contributed by atoms with Crippen molar-refractivity contribution in [1.29, 1.82) is 0 Å². The van der Waals surface area contributed by atoms with Crippen LogP contribution in [0.2, 0.25) is 0 Å². The summed E-state index contributed by atoms with van der Waals surface area (Å²) in [5.74, 6) is -1.26. The van der Waals surface area contributed by atoms with Gasteiger partial charge in [-0.15, -0.1) is 0 Å². The summed E-state index contributed by atoms with van der Waals surface area (Å²) in [4.78, 5) is 38.6. The molecule has 0 radical (unpaired) electrons. The lowest BCUT2D eigenvalue weighted by molar-refractivity contribution is -0.120. The second kappa shape index (κ2) is 8.66. The van der Waals surface area contributed by atoms with Gasteiger partial charge in [-0.1, -0.05) is 24.3 Å². The first-order chi connectivity index (χ1) is 14.1. The molecule has 8 nitrogen and oxygen atoms in total. The van der Waals surface area contributed by atoms with E-state index in [0.29, 0.717) is 16.9 Å². The number of nitrogens with one attached hydrogen (secondary N) is 2. The largest absolute Gasteiger partial charge is 0.326 e. The predicted octanol–water partition coefficient (Wildman–Crippen LogP) is 2.04. The van der Waals surface area contributed by atoms with Gasteiger partial charge in [0.05, 0.1) is 5.75 Å². The molecule has 3 rings (SSSR count). The molecule has 1 aliphatic heterocycles. The minimum absolute atomic E-state index is 0.0181. The molecular formula is C21H23N3O5S. The molecule has 30 heavy (non-hydrogen) atoms. The van der Waals surface area contributed by atoms with Gasteiger partial charge in [0.15, 0.2) is 0 Å². The Balaban J connectivity index is 1.83. The number of amides is 3. The molecule has 9 heteroatoms. The molecule has 2 aromatic carbocycles. The normalized spacial score (nSPS) is 14.2. The third kappa shape index (κ3) is 5.24. The molecule has 0 aliphatic carbocycles. The second-order valence-corrected chi connectivity index (χ2v) is 9.54. The highest BCUT2D eigenvalue weighted by Crippen LogP contribution is 2.26. The zero-order valence-electron chi connectivity index (χ0n) is 16.7. The van der Waals surface area contributed by atoms with Gasteiger partial charge in [0.2, 0.25) is 11.8 Å². The summed E-state index contributed by atoms with van der Waals surface area (Å²) in [6, 6.07) is 12.7. The number of rotatable bonds is 7. The summed E-state index contributed by atoms with van der Waals surface area (Å²) in [6.07, 6.45) is 1.08. The van der Waals surface area contributed by atoms with Crippen LogP contribution in [0.3, 0.4) is 0 Å². The number of carbonyl (C=O) groups is 3. The summed E-state index contributed by atoms with van der Waals surface area (Å²) in [6.45, 7) is 1.62. The van der Waals surface area contributed by atoms with E-state index in [4.69, 9.17) is 0 Å². The van der Waals surface area contributed by atoms with Crippen molar-refractivity contribution in [1.82, 2.24) is 4.90 Å². The van der Waals surface area contributed by atoms with Crippen molar-refractivity contribution < 1.29 is 22.8 Å². The second-order valence-electron chi connectivity index (χ2n) is 7.28. The van der Waals surface area contributed by atoms with E-state index in [2.05, 4.69) is 10.6 Å². The molecule has 1 atom stereocenters. The summed E-state index contributed by atoms with van der Waals surface area (Å²) < 4.78 is 23.4. The Labute approximate surface area is 175 Å². The van der Waals surface area contributed by atoms with Crippen LogP contribution >= 0.6 is 0 Å². The van der Waals surface area contributed by atoms with E-state index in [1.165, 1.54) is 11.8 Å². The van der Waals surface area contributed by atoms with Crippen LogP contribution in [-0.2, 0) is 26.0 Å². The maximum absolute atomic E-state index is 13.1. The molecular weight excluding hydrogens is 406 g/mol. The quantitative estimate of drug-likeness (QED) is 0.699. The Kier molecular flexibility index (Phi) is 6.21. The van der Waals surface area contributed by atoms with Crippen molar-refractivity contribution in [2.24, 2.45) is 0 Å². The van der Waals surface area contributed by atoms with Crippen molar-refractivity contribution in [2.75, 3.05) is 22.6 Å². The maximum atomic E-state index is 13.1. The number of hydrogen-bond acceptors (Lipinski definition) is 5. The van der Waals surface area contributed by atoms with Crippen LogP contribution in [0.25, 0.3) is 0 Å². The third-order valence-corrected chi connectivity index (χ3v) is 5.72. The number of hydrogen-bond donors (Lipinski definition) is 2. The van der Waals surface area contributed by atoms with Crippen LogP contribution in [0.5, 0.6) is 0 Å². The topological polar surface area (TPSA) is 113 Å². The molecule has 0 saturated heterocycles. The van der Waals surface area contributed by atoms with E-state index in [9.17, 15) is 22.8 Å². The van der Waals surface area contributed by atoms with E-state index >= 15 is 0 Å². The lowest BCUT2D eigenvalue weighted by atomic mass is 10.1. The summed E-state index contributed by atoms with van der Waals surface area (Å²) >= 11 is 0. The van der Waals surface area contributed by atoms with Crippen LogP contribution in [0.15, 0.2) is 48.5 Å². The molecule has 0 fully saturated rings. The van der Waals surface area contributed by atoms with Gasteiger partial charge in [0.25, 0.3) is 5.91 Å². The summed E-state index contributed by atoms with van der Waals surface area (Å²) in [5.41, 5.74) is 2.26. The Bertz CT molecular complexity index is 1100. The Morgan fingerprint density at radius 1 is 1.07 bits per heavy atom. The number of nitrogens with zero attached hydrogens (tertiary/aromatic N) is 1. The van der Waals surface area contributed by atoms with Crippen molar-refractivity contribution in [3.05, 3.63) is 59.7 Å². The van der Waals surface area contributed by atoms with Gasteiger partial charge >= 0.3 is 0 Å². The summed E-state index contributed by atoms with van der Waals surface area (Å²) in [5, 5.41) is 5.37. The van der Waals surface area contributed by atoms with Crippen molar-refractivity contribution in [2.45, 2.75) is 25.9 Å². The molecule has 0 unspecified atom stereocenters. The Morgan fingerprint density at radius 3 is 2.37 bits per heavy atom. The fourth-order valence-corrected chi connectivity index (χ4v) is 4.04. The number of carbonyl (C=O) groups excluding carboxylic acids is 3. The number of anilines is 2. The summed E-state index contributed by atoms with van der Waals surface area (Å²) in [7, 11) is -3.33. The van der Waals surface area contributed by atoms with Crippen LogP contribution in [0.1, 0.15) is 29.3 Å². The van der Waals surface area contributed by atoms with E-state index in [1.54, 1.807) is 36.4 Å². The monoisotopic (exact) mass is 429 g/mol. The fraction of sp³-hybridized carbons (Fsp3) is 0.286. The van der Waals surface area contributed by atoms with Gasteiger partial charge in [-0.3, -0.25) is 14.4 Å². The Hall–Kier alpha value is -3.20. The van der Waals surface area contributed by atoms with E-state index < -0.39 is 21.8 Å². The van der Waals surface area contributed by atoms with Crippen LogP contribution < -0.4 is 10.6 Å². The molecule has 1 heterocycles. The maximum Gasteiger partial charge on any atom is 0.255 e. The first-order valence-corrected chi connectivity index (χ1v) is 11.5. The highest BCUT2D eigenvalue weighted by atomic mass is 32.2. The molecule has 2 aromatic rings. The average molecular weight is 429 g/mol. The van der Waals surface area contributed by atoms with E-state index in [1.807, 2.05) is 12.1 Å². The predicted molar refractivity (Wildman–Crippen MR) is 114 cm³/mol. The minimum atomic E-state index is -3.33. The molecule has 0 aromatic heterocycles. The van der Waals surface area contributed by atoms with Crippen molar-refractivity contribution in [3.63, 3.8) is 0 Å². The van der Waals surface area contributed by atoms with E-state index in [0.717, 1.165) is 11.8 Å². The lowest BCUT2D eigenvalue weighted by Gasteiger charge is -2.27.